The van der Waals surface area contributed by atoms with Gasteiger partial charge in [0.15, 0.2) is 9.84 Å². The van der Waals surface area contributed by atoms with Gasteiger partial charge in [0.25, 0.3) is 0 Å². The SMILES string of the molecule is Cc1c(CCN2CCC3(CC2)CCN(c2ccc(S(C)(=O)=O)cn2)C3)ccc2c1COC2=O. The molecule has 33 heavy (non-hydrogen) atoms. The number of aromatic nitrogens is 1. The zero-order valence-electron chi connectivity index (χ0n) is 19.3. The van der Waals surface area contributed by atoms with Gasteiger partial charge in [-0.3, -0.25) is 0 Å². The lowest BCUT2D eigenvalue weighted by molar-refractivity contribution is 0.0535. The number of esters is 1. The average molecular weight is 470 g/mol. The molecule has 2 aromatic rings. The Morgan fingerprint density at radius 2 is 1.85 bits per heavy atom. The Bertz CT molecular complexity index is 1170. The Kier molecular flexibility index (Phi) is 5.69. The molecule has 0 bridgehead atoms. The van der Waals surface area contributed by atoms with Gasteiger partial charge >= 0.3 is 5.97 Å². The van der Waals surface area contributed by atoms with Gasteiger partial charge in [-0.05, 0) is 80.4 Å². The minimum Gasteiger partial charge on any atom is -0.457 e. The van der Waals surface area contributed by atoms with E-state index in [1.165, 1.54) is 36.4 Å². The van der Waals surface area contributed by atoms with E-state index in [0.29, 0.717) is 12.0 Å². The summed E-state index contributed by atoms with van der Waals surface area (Å²) in [5.41, 5.74) is 4.62. The second kappa shape index (κ2) is 8.40. The topological polar surface area (TPSA) is 79.8 Å². The number of cyclic esters (lactones) is 1. The molecule has 0 unspecified atom stereocenters. The molecule has 3 aliphatic rings. The quantitative estimate of drug-likeness (QED) is 0.623. The lowest BCUT2D eigenvalue weighted by Gasteiger charge is -2.39. The van der Waals surface area contributed by atoms with Crippen molar-refractivity contribution in [2.45, 2.75) is 44.1 Å². The number of ether oxygens (including phenoxy) is 1. The van der Waals surface area contributed by atoms with Gasteiger partial charge in [0, 0.05) is 37.7 Å². The van der Waals surface area contributed by atoms with Gasteiger partial charge in [0.05, 0.1) is 10.5 Å². The number of hydrogen-bond donors (Lipinski definition) is 0. The second-order valence-corrected chi connectivity index (χ2v) is 11.9. The van der Waals surface area contributed by atoms with E-state index in [-0.39, 0.29) is 10.9 Å². The fraction of sp³-hybridized carbons (Fsp3) is 0.520. The summed E-state index contributed by atoms with van der Waals surface area (Å²) in [5.74, 6) is 0.671. The number of hydrogen-bond acceptors (Lipinski definition) is 7. The van der Waals surface area contributed by atoms with Crippen LogP contribution in [0.3, 0.4) is 0 Å². The molecule has 0 N–H and O–H groups in total. The Morgan fingerprint density at radius 3 is 2.55 bits per heavy atom. The van der Waals surface area contributed by atoms with E-state index < -0.39 is 9.84 Å². The highest BCUT2D eigenvalue weighted by atomic mass is 32.2. The van der Waals surface area contributed by atoms with Gasteiger partial charge in [-0.15, -0.1) is 0 Å². The number of piperidine rings is 1. The summed E-state index contributed by atoms with van der Waals surface area (Å²) < 4.78 is 28.6. The third-order valence-corrected chi connectivity index (χ3v) is 8.90. The largest absolute Gasteiger partial charge is 0.457 e. The molecule has 2 fully saturated rings. The standard InChI is InChI=1S/C25H31N3O4S/c1-18-19(3-5-21-22(18)16-32-24(21)29)7-11-27-12-8-25(9-13-27)10-14-28(17-25)23-6-4-20(15-26-23)33(2,30)31/h3-6,15H,7-14,16-17H2,1-2H3. The van der Waals surface area contributed by atoms with Crippen LogP contribution in [-0.2, 0) is 27.6 Å². The van der Waals surface area contributed by atoms with E-state index in [1.54, 1.807) is 6.07 Å². The molecule has 2 saturated heterocycles. The molecule has 1 aromatic carbocycles. The maximum atomic E-state index is 11.8. The molecule has 1 spiro atoms. The Balaban J connectivity index is 1.15. The van der Waals surface area contributed by atoms with E-state index in [4.69, 9.17) is 4.74 Å². The molecule has 4 heterocycles. The van der Waals surface area contributed by atoms with Crippen LogP contribution < -0.4 is 4.90 Å². The first-order valence-corrected chi connectivity index (χ1v) is 13.6. The molecule has 0 radical (unpaired) electrons. The molecule has 1 aromatic heterocycles. The number of rotatable bonds is 5. The van der Waals surface area contributed by atoms with Crippen LogP contribution in [-0.4, -0.2) is 63.3 Å². The van der Waals surface area contributed by atoms with Crippen molar-refractivity contribution in [2.24, 2.45) is 5.41 Å². The smallest absolute Gasteiger partial charge is 0.338 e. The molecule has 7 nitrogen and oxygen atoms in total. The summed E-state index contributed by atoms with van der Waals surface area (Å²) >= 11 is 0. The first kappa shape index (κ1) is 22.3. The first-order valence-electron chi connectivity index (χ1n) is 11.7. The monoisotopic (exact) mass is 469 g/mol. The van der Waals surface area contributed by atoms with Crippen molar-refractivity contribution in [3.63, 3.8) is 0 Å². The molecular formula is C25H31N3O4S. The number of carbonyl (C=O) groups is 1. The van der Waals surface area contributed by atoms with Crippen LogP contribution in [0.1, 0.15) is 46.3 Å². The molecule has 3 aliphatic heterocycles. The first-order chi connectivity index (χ1) is 15.7. The number of nitrogens with zero attached hydrogens (tertiary/aromatic N) is 3. The zero-order chi connectivity index (χ0) is 23.2. The minimum atomic E-state index is -3.22. The molecule has 176 valence electrons. The highest BCUT2D eigenvalue weighted by Gasteiger charge is 2.40. The predicted octanol–water partition coefficient (Wildman–Crippen LogP) is 3.00. The van der Waals surface area contributed by atoms with Crippen molar-refractivity contribution >= 4 is 21.6 Å². The lowest BCUT2D eigenvalue weighted by Crippen LogP contribution is -2.42. The predicted molar refractivity (Wildman–Crippen MR) is 126 cm³/mol. The van der Waals surface area contributed by atoms with Crippen LogP contribution in [0, 0.1) is 12.3 Å². The third-order valence-electron chi connectivity index (χ3n) is 7.80. The van der Waals surface area contributed by atoms with Gasteiger partial charge in [0.1, 0.15) is 12.4 Å². The number of fused-ring (bicyclic) bond motifs is 1. The van der Waals surface area contributed by atoms with Crippen LogP contribution >= 0.6 is 0 Å². The van der Waals surface area contributed by atoms with Crippen LogP contribution in [0.25, 0.3) is 0 Å². The van der Waals surface area contributed by atoms with Crippen LogP contribution in [0.15, 0.2) is 35.4 Å². The number of sulfone groups is 1. The average Bonchev–Trinajstić information content (AvgIpc) is 3.39. The fourth-order valence-electron chi connectivity index (χ4n) is 5.52. The van der Waals surface area contributed by atoms with Crippen molar-refractivity contribution in [2.75, 3.05) is 43.9 Å². The zero-order valence-corrected chi connectivity index (χ0v) is 20.2. The Labute approximate surface area is 195 Å². The number of carbonyl (C=O) groups excluding carboxylic acids is 1. The summed E-state index contributed by atoms with van der Waals surface area (Å²) in [4.78, 5) is 21.3. The van der Waals surface area contributed by atoms with Crippen molar-refractivity contribution in [1.29, 1.82) is 0 Å². The van der Waals surface area contributed by atoms with Gasteiger partial charge in [-0.25, -0.2) is 18.2 Å². The third kappa shape index (κ3) is 4.38. The van der Waals surface area contributed by atoms with Crippen LogP contribution in [0.4, 0.5) is 5.82 Å². The van der Waals surface area contributed by atoms with E-state index in [0.717, 1.165) is 62.5 Å². The summed E-state index contributed by atoms with van der Waals surface area (Å²) in [6.07, 6.45) is 7.19. The number of benzene rings is 1. The highest BCUT2D eigenvalue weighted by Crippen LogP contribution is 2.41. The summed E-state index contributed by atoms with van der Waals surface area (Å²) in [5, 5.41) is 0. The molecule has 0 atom stereocenters. The van der Waals surface area contributed by atoms with E-state index in [2.05, 4.69) is 27.8 Å². The van der Waals surface area contributed by atoms with E-state index in [1.807, 2.05) is 12.1 Å². The van der Waals surface area contributed by atoms with Crippen molar-refractivity contribution < 1.29 is 17.9 Å². The number of pyridine rings is 1. The van der Waals surface area contributed by atoms with Gasteiger partial charge in [-0.2, -0.15) is 0 Å². The van der Waals surface area contributed by atoms with E-state index in [9.17, 15) is 13.2 Å². The molecule has 0 aliphatic carbocycles. The highest BCUT2D eigenvalue weighted by molar-refractivity contribution is 7.90. The lowest BCUT2D eigenvalue weighted by atomic mass is 9.77. The normalized spacial score (nSPS) is 20.3. The maximum Gasteiger partial charge on any atom is 0.338 e. The molecule has 5 rings (SSSR count). The number of likely N-dealkylation sites (tertiary alicyclic amines) is 1. The summed E-state index contributed by atoms with van der Waals surface area (Å²) in [6.45, 7) is 7.69. The van der Waals surface area contributed by atoms with Gasteiger partial charge in [0.2, 0.25) is 0 Å². The van der Waals surface area contributed by atoms with Crippen molar-refractivity contribution in [1.82, 2.24) is 9.88 Å². The Morgan fingerprint density at radius 1 is 1.09 bits per heavy atom. The van der Waals surface area contributed by atoms with Crippen molar-refractivity contribution in [3.8, 4) is 0 Å². The maximum absolute atomic E-state index is 11.8. The fourth-order valence-corrected chi connectivity index (χ4v) is 6.08. The molecular weight excluding hydrogens is 438 g/mol. The summed E-state index contributed by atoms with van der Waals surface area (Å²) in [7, 11) is -3.22. The van der Waals surface area contributed by atoms with Crippen LogP contribution in [0.2, 0.25) is 0 Å². The van der Waals surface area contributed by atoms with Crippen molar-refractivity contribution in [3.05, 3.63) is 52.7 Å². The van der Waals surface area contributed by atoms with Crippen LogP contribution in [0.5, 0.6) is 0 Å². The molecule has 8 heteroatoms. The Hall–Kier alpha value is -2.45. The van der Waals surface area contributed by atoms with Gasteiger partial charge < -0.3 is 14.5 Å². The van der Waals surface area contributed by atoms with E-state index >= 15 is 0 Å². The number of anilines is 1. The summed E-state index contributed by atoms with van der Waals surface area (Å²) in [6, 6.07) is 7.50. The van der Waals surface area contributed by atoms with Gasteiger partial charge in [-0.1, -0.05) is 6.07 Å². The minimum absolute atomic E-state index is 0.201. The molecule has 0 amide bonds. The second-order valence-electron chi connectivity index (χ2n) is 9.84. The molecule has 0 saturated carbocycles.